The summed E-state index contributed by atoms with van der Waals surface area (Å²) in [4.78, 5) is 0. The number of aliphatic hydroxyl groups excluding tert-OH is 33. The lowest BCUT2D eigenvalue weighted by Crippen LogP contribution is -2.15. The van der Waals surface area contributed by atoms with Crippen molar-refractivity contribution in [2.24, 2.45) is 0 Å². The van der Waals surface area contributed by atoms with Gasteiger partial charge in [-0.1, -0.05) is 0 Å². The zero-order valence-electron chi connectivity index (χ0n) is 36.7. The highest BCUT2D eigenvalue weighted by Crippen LogP contribution is 1.77. The number of rotatable bonds is 22. The van der Waals surface area contributed by atoms with Gasteiger partial charge in [-0.05, 0) is 0 Å². The molecule has 0 rings (SSSR count). The van der Waals surface area contributed by atoms with E-state index in [0.29, 0.717) is 0 Å². The van der Waals surface area contributed by atoms with Crippen LogP contribution in [-0.4, -0.2) is 381 Å². The molecule has 33 heteroatoms. The van der Waals surface area contributed by atoms with E-state index in [9.17, 15) is 0 Å². The van der Waals surface area contributed by atoms with Gasteiger partial charge in [-0.25, -0.2) is 0 Å². The van der Waals surface area contributed by atoms with Crippen LogP contribution in [0.25, 0.3) is 0 Å². The van der Waals surface area contributed by atoms with Crippen LogP contribution in [0.3, 0.4) is 0 Å². The average Bonchev–Trinajstić information content (AvgIpc) is 3.39. The van der Waals surface area contributed by atoms with Crippen LogP contribution < -0.4 is 0 Å². The molecule has 0 heterocycles. The van der Waals surface area contributed by atoms with E-state index in [-0.39, 0.29) is 145 Å². The van der Waals surface area contributed by atoms with Crippen molar-refractivity contribution in [2.75, 3.05) is 145 Å². The minimum Gasteiger partial charge on any atom is -0.394 e. The Morgan fingerprint density at radius 3 is 0.136 bits per heavy atom. The molecule has 0 saturated heterocycles. The summed E-state index contributed by atoms with van der Waals surface area (Å²) in [5.41, 5.74) is 0. The fourth-order valence-corrected chi connectivity index (χ4v) is 0.635. The maximum atomic E-state index is 8.17. The van der Waals surface area contributed by atoms with Gasteiger partial charge in [0.1, 0.15) is 67.1 Å². The Morgan fingerprint density at radius 1 is 0.106 bits per heavy atom. The fourth-order valence-electron chi connectivity index (χ4n) is 0.635. The molecule has 0 aromatic carbocycles. The summed E-state index contributed by atoms with van der Waals surface area (Å²) >= 11 is 0. The second kappa shape index (κ2) is 86.8. The summed E-state index contributed by atoms with van der Waals surface area (Å²) in [6.45, 7) is -8.02. The molecular formula is C33H88O33. The number of hydrogen-bond acceptors (Lipinski definition) is 33. The van der Waals surface area contributed by atoms with Gasteiger partial charge in [-0.15, -0.1) is 0 Å². The molecule has 0 aromatic rings. The van der Waals surface area contributed by atoms with Crippen LogP contribution in [0.1, 0.15) is 0 Å². The van der Waals surface area contributed by atoms with E-state index in [2.05, 4.69) is 0 Å². The lowest BCUT2D eigenvalue weighted by molar-refractivity contribution is 0.0450. The van der Waals surface area contributed by atoms with Gasteiger partial charge in [0.2, 0.25) is 0 Å². The van der Waals surface area contributed by atoms with Gasteiger partial charge in [0, 0.05) is 0 Å². The molecule has 0 radical (unpaired) electrons. The lowest BCUT2D eigenvalue weighted by atomic mass is 10.4. The molecule has 0 saturated carbocycles. The first-order valence-corrected chi connectivity index (χ1v) is 18.8. The van der Waals surface area contributed by atoms with Crippen molar-refractivity contribution in [1.29, 1.82) is 0 Å². The average molecular weight is 1010 g/mol. The molecule has 0 aliphatic carbocycles. The molecule has 0 bridgehead atoms. The Morgan fingerprint density at radius 2 is 0.136 bits per heavy atom. The molecular weight excluding hydrogens is 924 g/mol. The van der Waals surface area contributed by atoms with E-state index in [1.165, 1.54) is 0 Å². The second-order valence-corrected chi connectivity index (χ2v) is 11.2. The third-order valence-corrected chi connectivity index (χ3v) is 4.64. The van der Waals surface area contributed by atoms with E-state index >= 15 is 0 Å². The number of aliphatic hydroxyl groups is 33. The van der Waals surface area contributed by atoms with E-state index in [0.717, 1.165) is 0 Å². The quantitative estimate of drug-likeness (QED) is 0.0479. The van der Waals surface area contributed by atoms with Crippen molar-refractivity contribution in [2.45, 2.75) is 67.1 Å². The molecule has 33 nitrogen and oxygen atoms in total. The second-order valence-electron chi connectivity index (χ2n) is 11.2. The van der Waals surface area contributed by atoms with Gasteiger partial charge in [0.25, 0.3) is 0 Å². The van der Waals surface area contributed by atoms with Gasteiger partial charge < -0.3 is 169 Å². The number of hydrogen-bond donors (Lipinski definition) is 33. The Labute approximate surface area is 381 Å². The van der Waals surface area contributed by atoms with Gasteiger partial charge in [-0.2, -0.15) is 0 Å². The fraction of sp³-hybridized carbons (Fsp3) is 1.00. The minimum atomic E-state index is -0.954. The zero-order chi connectivity index (χ0) is 54.9. The standard InChI is InChI=1S/11C3H8O3/c11*4-1-3(6)2-5/h11*3-6H,1-2H2. The predicted octanol–water partition coefficient (Wildman–Crippen LogP) is -18.3. The van der Waals surface area contributed by atoms with E-state index in [1.54, 1.807) is 0 Å². The third kappa shape index (κ3) is 131. The Hall–Kier alpha value is -1.32. The normalized spacial score (nSPS) is 10.0. The van der Waals surface area contributed by atoms with Crippen molar-refractivity contribution < 1.29 is 169 Å². The highest BCUT2D eigenvalue weighted by atomic mass is 16.4. The smallest absolute Gasteiger partial charge is 0.100 e. The van der Waals surface area contributed by atoms with E-state index in [1.807, 2.05) is 0 Å². The molecule has 33 N–H and O–H groups in total. The Bertz CT molecular complexity index is 468. The summed E-state index contributed by atoms with van der Waals surface area (Å²) < 4.78 is 0. The summed E-state index contributed by atoms with van der Waals surface area (Å²) in [7, 11) is 0. The third-order valence-electron chi connectivity index (χ3n) is 4.64. The van der Waals surface area contributed by atoms with Crippen LogP contribution in [0.15, 0.2) is 0 Å². The highest BCUT2D eigenvalue weighted by molar-refractivity contribution is 4.48. The van der Waals surface area contributed by atoms with Crippen LogP contribution in [0.5, 0.6) is 0 Å². The monoisotopic (exact) mass is 1010 g/mol. The molecule has 0 aliphatic rings. The van der Waals surface area contributed by atoms with Crippen LogP contribution >= 0.6 is 0 Å². The zero-order valence-corrected chi connectivity index (χ0v) is 36.7. The van der Waals surface area contributed by atoms with Gasteiger partial charge >= 0.3 is 0 Å². The minimum absolute atomic E-state index is 0.365. The molecule has 66 heavy (non-hydrogen) atoms. The topological polar surface area (TPSA) is 668 Å². The van der Waals surface area contributed by atoms with Crippen molar-refractivity contribution in [3.8, 4) is 0 Å². The van der Waals surface area contributed by atoms with Crippen molar-refractivity contribution in [1.82, 2.24) is 0 Å². The summed E-state index contributed by atoms with van der Waals surface area (Å²) in [5, 5.41) is 264. The summed E-state index contributed by atoms with van der Waals surface area (Å²) in [6.07, 6.45) is -10.5. The molecule has 0 unspecified atom stereocenters. The van der Waals surface area contributed by atoms with Crippen molar-refractivity contribution >= 4 is 0 Å². The molecule has 0 aromatic heterocycles. The van der Waals surface area contributed by atoms with Gasteiger partial charge in [0.15, 0.2) is 0 Å². The van der Waals surface area contributed by atoms with Crippen LogP contribution in [0.2, 0.25) is 0 Å². The highest BCUT2D eigenvalue weighted by Gasteiger charge is 1.98. The molecule has 0 amide bonds. The van der Waals surface area contributed by atoms with Crippen LogP contribution in [0, 0.1) is 0 Å². The molecule has 0 aliphatic heterocycles. The summed E-state index contributed by atoms with van der Waals surface area (Å²) in [5.74, 6) is 0. The molecule has 0 fully saturated rings. The van der Waals surface area contributed by atoms with E-state index in [4.69, 9.17) is 169 Å². The maximum absolute atomic E-state index is 8.17. The Balaban J connectivity index is -0.0000000560. The van der Waals surface area contributed by atoms with Crippen LogP contribution in [0.4, 0.5) is 0 Å². The van der Waals surface area contributed by atoms with E-state index < -0.39 is 67.1 Å². The lowest BCUT2D eigenvalue weighted by Gasteiger charge is -1.96. The summed E-state index contributed by atoms with van der Waals surface area (Å²) in [6, 6.07) is 0. The SMILES string of the molecule is OCC(O)CO.OCC(O)CO.OCC(O)CO.OCC(O)CO.OCC(O)CO.OCC(O)CO.OCC(O)CO.OCC(O)CO.OCC(O)CO.OCC(O)CO.OCC(O)CO. The van der Waals surface area contributed by atoms with Crippen molar-refractivity contribution in [3.63, 3.8) is 0 Å². The van der Waals surface area contributed by atoms with Crippen molar-refractivity contribution in [3.05, 3.63) is 0 Å². The molecule has 0 atom stereocenters. The van der Waals surface area contributed by atoms with Gasteiger partial charge in [0.05, 0.1) is 145 Å². The first-order valence-electron chi connectivity index (χ1n) is 18.8. The molecule has 418 valence electrons. The predicted molar refractivity (Wildman–Crippen MR) is 222 cm³/mol. The first kappa shape index (κ1) is 91.0. The Kier molecular flexibility index (Phi) is 120. The van der Waals surface area contributed by atoms with Gasteiger partial charge in [-0.3, -0.25) is 0 Å². The first-order chi connectivity index (χ1) is 30.9. The molecule has 0 spiro atoms. The van der Waals surface area contributed by atoms with Crippen LogP contribution in [-0.2, 0) is 0 Å². The largest absolute Gasteiger partial charge is 0.394 e. The maximum Gasteiger partial charge on any atom is 0.100 e.